The molecule has 0 saturated carbocycles. The molecule has 0 bridgehead atoms. The van der Waals surface area contributed by atoms with Gasteiger partial charge in [0.05, 0.1) is 0 Å². The predicted molar refractivity (Wildman–Crippen MR) is 104 cm³/mol. The summed E-state index contributed by atoms with van der Waals surface area (Å²) in [5, 5.41) is 13.8. The van der Waals surface area contributed by atoms with Crippen molar-refractivity contribution >= 4 is 23.4 Å². The summed E-state index contributed by atoms with van der Waals surface area (Å²) in [5.41, 5.74) is 3.19. The lowest BCUT2D eigenvalue weighted by molar-refractivity contribution is -0.115. The number of tetrazole rings is 1. The Balaban J connectivity index is 1.59. The van der Waals surface area contributed by atoms with Crippen molar-refractivity contribution in [2.24, 2.45) is 0 Å². The number of nitrogens with zero attached hydrogens (tertiary/aromatic N) is 4. The summed E-state index contributed by atoms with van der Waals surface area (Å²) in [4.78, 5) is 13.4. The molecule has 6 nitrogen and oxygen atoms in total. The summed E-state index contributed by atoms with van der Waals surface area (Å²) in [6.45, 7) is 5.82. The number of anilines is 1. The van der Waals surface area contributed by atoms with Gasteiger partial charge >= 0.3 is 0 Å². The second-order valence-corrected chi connectivity index (χ2v) is 7.37. The normalized spacial score (nSPS) is 10.8. The molecule has 1 heterocycles. The largest absolute Gasteiger partial charge is 0.326 e. The maximum absolute atomic E-state index is 14.1. The number of thioether (sulfide) groups is 1. The van der Waals surface area contributed by atoms with E-state index in [0.29, 0.717) is 23.7 Å². The van der Waals surface area contributed by atoms with Crippen molar-refractivity contribution in [1.29, 1.82) is 0 Å². The fourth-order valence-electron chi connectivity index (χ4n) is 2.50. The molecular weight excluding hydrogens is 365 g/mol. The SMILES string of the molecule is Cc1ccc(SCCC(=O)Nc2ccc(F)c(-n3nnnc3C)c2)cc1C. The highest BCUT2D eigenvalue weighted by molar-refractivity contribution is 7.99. The van der Waals surface area contributed by atoms with Crippen LogP contribution in [0, 0.1) is 26.6 Å². The second-order valence-electron chi connectivity index (χ2n) is 6.20. The highest BCUT2D eigenvalue weighted by Gasteiger charge is 2.12. The van der Waals surface area contributed by atoms with E-state index in [1.54, 1.807) is 18.7 Å². The molecule has 0 fully saturated rings. The van der Waals surface area contributed by atoms with Crippen LogP contribution in [0.1, 0.15) is 23.4 Å². The van der Waals surface area contributed by atoms with Gasteiger partial charge in [-0.15, -0.1) is 16.9 Å². The standard InChI is InChI=1S/C19H20FN5OS/c1-12-4-6-16(10-13(12)2)27-9-8-19(26)21-15-5-7-17(20)18(11-15)25-14(3)22-23-24-25/h4-7,10-11H,8-9H2,1-3H3,(H,21,26). The first-order valence-corrected chi connectivity index (χ1v) is 9.47. The van der Waals surface area contributed by atoms with Crippen LogP contribution in [0.4, 0.5) is 10.1 Å². The number of amides is 1. The van der Waals surface area contributed by atoms with E-state index in [1.165, 1.54) is 34.0 Å². The average Bonchev–Trinajstić information content (AvgIpc) is 3.05. The van der Waals surface area contributed by atoms with Crippen molar-refractivity contribution in [3.05, 3.63) is 59.2 Å². The Kier molecular flexibility index (Phi) is 5.85. The Morgan fingerprint density at radius 1 is 1.15 bits per heavy atom. The molecule has 0 atom stereocenters. The van der Waals surface area contributed by atoms with Crippen LogP contribution >= 0.6 is 11.8 Å². The summed E-state index contributed by atoms with van der Waals surface area (Å²) in [6.07, 6.45) is 0.355. The molecule has 140 valence electrons. The van der Waals surface area contributed by atoms with Crippen LogP contribution in [-0.4, -0.2) is 31.9 Å². The van der Waals surface area contributed by atoms with Crippen LogP contribution in [0.5, 0.6) is 0 Å². The Hall–Kier alpha value is -2.74. The molecule has 0 radical (unpaired) electrons. The molecule has 0 aliphatic heterocycles. The number of aryl methyl sites for hydroxylation is 3. The summed E-state index contributed by atoms with van der Waals surface area (Å²) >= 11 is 1.64. The number of carbonyl (C=O) groups excluding carboxylic acids is 1. The van der Waals surface area contributed by atoms with Gasteiger partial charge in [0.2, 0.25) is 5.91 Å². The second kappa shape index (κ2) is 8.30. The maximum Gasteiger partial charge on any atom is 0.225 e. The maximum atomic E-state index is 14.1. The molecule has 0 saturated heterocycles. The molecular formula is C19H20FN5OS. The van der Waals surface area contributed by atoms with Gasteiger partial charge in [-0.25, -0.2) is 4.39 Å². The van der Waals surface area contributed by atoms with E-state index in [1.807, 2.05) is 0 Å². The molecule has 3 aromatic rings. The Labute approximate surface area is 161 Å². The van der Waals surface area contributed by atoms with Crippen molar-refractivity contribution in [2.75, 3.05) is 11.1 Å². The number of halogens is 1. The Bertz CT molecular complexity index is 972. The Morgan fingerprint density at radius 2 is 1.96 bits per heavy atom. The highest BCUT2D eigenvalue weighted by atomic mass is 32.2. The predicted octanol–water partition coefficient (Wildman–Crippen LogP) is 3.85. The van der Waals surface area contributed by atoms with E-state index in [-0.39, 0.29) is 11.6 Å². The van der Waals surface area contributed by atoms with Gasteiger partial charge in [-0.1, -0.05) is 6.07 Å². The quantitative estimate of drug-likeness (QED) is 0.653. The number of carbonyl (C=O) groups is 1. The first kappa shape index (κ1) is 19.0. The third-order valence-electron chi connectivity index (χ3n) is 4.16. The molecule has 0 spiro atoms. The molecule has 1 aromatic heterocycles. The van der Waals surface area contributed by atoms with Crippen LogP contribution in [0.15, 0.2) is 41.3 Å². The highest BCUT2D eigenvalue weighted by Crippen LogP contribution is 2.22. The summed E-state index contributed by atoms with van der Waals surface area (Å²) in [6, 6.07) is 10.6. The minimum Gasteiger partial charge on any atom is -0.326 e. The molecule has 2 aromatic carbocycles. The van der Waals surface area contributed by atoms with E-state index >= 15 is 0 Å². The fourth-order valence-corrected chi connectivity index (χ4v) is 3.44. The number of rotatable bonds is 6. The Morgan fingerprint density at radius 3 is 2.67 bits per heavy atom. The molecule has 1 amide bonds. The molecule has 0 unspecified atom stereocenters. The summed E-state index contributed by atoms with van der Waals surface area (Å²) in [5.74, 6) is 0.530. The van der Waals surface area contributed by atoms with E-state index < -0.39 is 5.82 Å². The molecule has 3 rings (SSSR count). The van der Waals surface area contributed by atoms with Crippen molar-refractivity contribution in [1.82, 2.24) is 20.2 Å². The number of aromatic nitrogens is 4. The van der Waals surface area contributed by atoms with E-state index in [4.69, 9.17) is 0 Å². The van der Waals surface area contributed by atoms with Gasteiger partial charge in [-0.05, 0) is 72.7 Å². The molecule has 8 heteroatoms. The van der Waals surface area contributed by atoms with Crippen molar-refractivity contribution in [2.45, 2.75) is 32.1 Å². The zero-order chi connectivity index (χ0) is 19.4. The monoisotopic (exact) mass is 385 g/mol. The number of hydrogen-bond donors (Lipinski definition) is 1. The first-order chi connectivity index (χ1) is 12.9. The average molecular weight is 385 g/mol. The smallest absolute Gasteiger partial charge is 0.225 e. The minimum atomic E-state index is -0.464. The van der Waals surface area contributed by atoms with Crippen LogP contribution in [0.25, 0.3) is 5.69 Å². The number of nitrogens with one attached hydrogen (secondary N) is 1. The number of hydrogen-bond acceptors (Lipinski definition) is 5. The molecule has 1 N–H and O–H groups in total. The molecule has 0 aliphatic carbocycles. The van der Waals surface area contributed by atoms with Gasteiger partial charge in [0.25, 0.3) is 0 Å². The third-order valence-corrected chi connectivity index (χ3v) is 5.16. The van der Waals surface area contributed by atoms with Crippen LogP contribution in [0.2, 0.25) is 0 Å². The molecule has 0 aliphatic rings. The lowest BCUT2D eigenvalue weighted by Crippen LogP contribution is -2.13. The van der Waals surface area contributed by atoms with Crippen LogP contribution in [-0.2, 0) is 4.79 Å². The summed E-state index contributed by atoms with van der Waals surface area (Å²) < 4.78 is 15.4. The van der Waals surface area contributed by atoms with Crippen LogP contribution < -0.4 is 5.32 Å². The first-order valence-electron chi connectivity index (χ1n) is 8.49. The topological polar surface area (TPSA) is 72.7 Å². The van der Waals surface area contributed by atoms with Gasteiger partial charge in [0, 0.05) is 22.8 Å². The van der Waals surface area contributed by atoms with Gasteiger partial charge < -0.3 is 5.32 Å². The zero-order valence-corrected chi connectivity index (χ0v) is 16.2. The van der Waals surface area contributed by atoms with E-state index in [0.717, 1.165) is 4.90 Å². The van der Waals surface area contributed by atoms with E-state index in [2.05, 4.69) is 52.9 Å². The lowest BCUT2D eigenvalue weighted by Gasteiger charge is -2.09. The summed E-state index contributed by atoms with van der Waals surface area (Å²) in [7, 11) is 0. The van der Waals surface area contributed by atoms with E-state index in [9.17, 15) is 9.18 Å². The molecule has 27 heavy (non-hydrogen) atoms. The van der Waals surface area contributed by atoms with Crippen LogP contribution in [0.3, 0.4) is 0 Å². The minimum absolute atomic E-state index is 0.127. The van der Waals surface area contributed by atoms with Gasteiger partial charge in [0.15, 0.2) is 5.82 Å². The van der Waals surface area contributed by atoms with Crippen molar-refractivity contribution in [3.8, 4) is 5.69 Å². The van der Waals surface area contributed by atoms with Crippen molar-refractivity contribution in [3.63, 3.8) is 0 Å². The lowest BCUT2D eigenvalue weighted by atomic mass is 10.1. The number of benzene rings is 2. The van der Waals surface area contributed by atoms with Gasteiger partial charge in [0.1, 0.15) is 11.5 Å². The van der Waals surface area contributed by atoms with Gasteiger partial charge in [-0.3, -0.25) is 4.79 Å². The van der Waals surface area contributed by atoms with Gasteiger partial charge in [-0.2, -0.15) is 4.68 Å². The third kappa shape index (κ3) is 4.71. The fraction of sp³-hybridized carbons (Fsp3) is 0.263. The van der Waals surface area contributed by atoms with Crippen molar-refractivity contribution < 1.29 is 9.18 Å². The zero-order valence-electron chi connectivity index (χ0n) is 15.4.